The molecule has 0 bridgehead atoms. The zero-order chi connectivity index (χ0) is 17.0. The number of halogens is 1. The Kier molecular flexibility index (Phi) is 5.38. The van der Waals surface area contributed by atoms with Crippen LogP contribution in [0.25, 0.3) is 0 Å². The third kappa shape index (κ3) is 4.53. The second-order valence-corrected chi connectivity index (χ2v) is 7.17. The molecule has 0 aliphatic carbocycles. The van der Waals surface area contributed by atoms with Crippen LogP contribution in [0.3, 0.4) is 0 Å². The van der Waals surface area contributed by atoms with E-state index in [0.717, 1.165) is 11.6 Å². The third-order valence-corrected chi connectivity index (χ3v) is 5.04. The molecule has 0 radical (unpaired) electrons. The number of hydrogen-bond acceptors (Lipinski definition) is 3. The largest absolute Gasteiger partial charge is 0.492 e. The van der Waals surface area contributed by atoms with Gasteiger partial charge in [-0.3, -0.25) is 0 Å². The summed E-state index contributed by atoms with van der Waals surface area (Å²) < 4.78 is 45.4. The molecule has 124 valence electrons. The second-order valence-electron chi connectivity index (χ2n) is 5.40. The minimum atomic E-state index is -3.67. The Balaban J connectivity index is 1.92. The van der Waals surface area contributed by atoms with Gasteiger partial charge in [-0.2, -0.15) is 0 Å². The van der Waals surface area contributed by atoms with Crippen molar-refractivity contribution >= 4 is 10.0 Å². The normalized spacial score (nSPS) is 11.5. The SMILES string of the molecule is Cc1ccc(OCCNS(=O)(=O)c2ccc(F)c(C)c2)cc1C. The summed E-state index contributed by atoms with van der Waals surface area (Å²) in [4.78, 5) is 0.0441. The van der Waals surface area contributed by atoms with E-state index >= 15 is 0 Å². The van der Waals surface area contributed by atoms with Gasteiger partial charge in [-0.25, -0.2) is 17.5 Å². The van der Waals surface area contributed by atoms with E-state index < -0.39 is 15.8 Å². The molecule has 0 heterocycles. The molecule has 1 N–H and O–H groups in total. The molecule has 0 aliphatic heterocycles. The summed E-state index contributed by atoms with van der Waals surface area (Å²) >= 11 is 0. The highest BCUT2D eigenvalue weighted by molar-refractivity contribution is 7.89. The Labute approximate surface area is 136 Å². The number of benzene rings is 2. The van der Waals surface area contributed by atoms with Gasteiger partial charge in [0.05, 0.1) is 4.90 Å². The van der Waals surface area contributed by atoms with Crippen LogP contribution in [-0.4, -0.2) is 21.6 Å². The first-order valence-corrected chi connectivity index (χ1v) is 8.74. The number of ether oxygens (including phenoxy) is 1. The molecule has 0 spiro atoms. The van der Waals surface area contributed by atoms with E-state index in [9.17, 15) is 12.8 Å². The van der Waals surface area contributed by atoms with Crippen LogP contribution >= 0.6 is 0 Å². The molecule has 23 heavy (non-hydrogen) atoms. The summed E-state index contributed by atoms with van der Waals surface area (Å²) in [5.74, 6) is 0.270. The van der Waals surface area contributed by atoms with Gasteiger partial charge in [-0.15, -0.1) is 0 Å². The van der Waals surface area contributed by atoms with E-state index in [2.05, 4.69) is 4.72 Å². The molecule has 0 unspecified atom stereocenters. The fourth-order valence-electron chi connectivity index (χ4n) is 2.02. The second kappa shape index (κ2) is 7.10. The molecule has 0 atom stereocenters. The lowest BCUT2D eigenvalue weighted by molar-refractivity contribution is 0.322. The first kappa shape index (κ1) is 17.4. The molecule has 2 aromatic rings. The summed E-state index contributed by atoms with van der Waals surface area (Å²) in [6.45, 7) is 5.87. The smallest absolute Gasteiger partial charge is 0.240 e. The maximum atomic E-state index is 13.2. The molecule has 0 aromatic heterocycles. The fourth-order valence-corrected chi connectivity index (χ4v) is 3.11. The van der Waals surface area contributed by atoms with Crippen molar-refractivity contribution in [3.05, 3.63) is 58.9 Å². The monoisotopic (exact) mass is 337 g/mol. The Morgan fingerprint density at radius 2 is 1.74 bits per heavy atom. The number of hydrogen-bond donors (Lipinski definition) is 1. The van der Waals surface area contributed by atoms with Gasteiger partial charge in [0.2, 0.25) is 10.0 Å². The van der Waals surface area contributed by atoms with E-state index in [1.165, 1.54) is 24.6 Å². The Hall–Kier alpha value is -1.92. The van der Waals surface area contributed by atoms with Gasteiger partial charge >= 0.3 is 0 Å². The lowest BCUT2D eigenvalue weighted by Gasteiger charge is -2.10. The van der Waals surface area contributed by atoms with Crippen LogP contribution in [-0.2, 0) is 10.0 Å². The fraction of sp³-hybridized carbons (Fsp3) is 0.294. The molecule has 2 aromatic carbocycles. The first-order chi connectivity index (χ1) is 10.8. The van der Waals surface area contributed by atoms with E-state index in [0.29, 0.717) is 11.3 Å². The molecular formula is C17H20FNO3S. The molecule has 4 nitrogen and oxygen atoms in total. The van der Waals surface area contributed by atoms with Crippen molar-refractivity contribution < 1.29 is 17.5 Å². The number of aryl methyl sites for hydroxylation is 3. The van der Waals surface area contributed by atoms with E-state index in [4.69, 9.17) is 4.74 Å². The molecule has 0 saturated heterocycles. The van der Waals surface area contributed by atoms with Crippen molar-refractivity contribution in [2.75, 3.05) is 13.2 Å². The Morgan fingerprint density at radius 1 is 1.00 bits per heavy atom. The maximum absolute atomic E-state index is 13.2. The topological polar surface area (TPSA) is 55.4 Å². The predicted octanol–water partition coefficient (Wildman–Crippen LogP) is 3.11. The maximum Gasteiger partial charge on any atom is 0.240 e. The van der Waals surface area contributed by atoms with E-state index in [1.807, 2.05) is 32.0 Å². The zero-order valence-electron chi connectivity index (χ0n) is 13.4. The number of rotatable bonds is 6. The zero-order valence-corrected chi connectivity index (χ0v) is 14.2. The van der Waals surface area contributed by atoms with Crippen molar-refractivity contribution in [3.8, 4) is 5.75 Å². The first-order valence-electron chi connectivity index (χ1n) is 7.25. The van der Waals surface area contributed by atoms with Crippen molar-refractivity contribution in [2.24, 2.45) is 0 Å². The molecule has 0 aliphatic rings. The van der Waals surface area contributed by atoms with Crippen LogP contribution in [0.2, 0.25) is 0 Å². The van der Waals surface area contributed by atoms with Gasteiger partial charge < -0.3 is 4.74 Å². The number of sulfonamides is 1. The summed E-state index contributed by atoms with van der Waals surface area (Å²) in [6.07, 6.45) is 0. The summed E-state index contributed by atoms with van der Waals surface area (Å²) in [5.41, 5.74) is 2.58. The highest BCUT2D eigenvalue weighted by Crippen LogP contribution is 2.16. The average molecular weight is 337 g/mol. The van der Waals surface area contributed by atoms with Crippen LogP contribution in [0.15, 0.2) is 41.3 Å². The molecule has 2 rings (SSSR count). The molecule has 6 heteroatoms. The van der Waals surface area contributed by atoms with Crippen LogP contribution < -0.4 is 9.46 Å². The molecule has 0 fully saturated rings. The average Bonchev–Trinajstić information content (AvgIpc) is 2.50. The number of nitrogens with one attached hydrogen (secondary N) is 1. The van der Waals surface area contributed by atoms with Crippen LogP contribution in [0, 0.1) is 26.6 Å². The summed E-state index contributed by atoms with van der Waals surface area (Å²) in [6, 6.07) is 9.41. The Bertz CT molecular complexity index is 803. The van der Waals surface area contributed by atoms with Gasteiger partial charge in [-0.1, -0.05) is 6.07 Å². The van der Waals surface area contributed by atoms with Crippen molar-refractivity contribution in [1.29, 1.82) is 0 Å². The van der Waals surface area contributed by atoms with Crippen LogP contribution in [0.5, 0.6) is 5.75 Å². The van der Waals surface area contributed by atoms with E-state index in [1.54, 1.807) is 0 Å². The standard InChI is InChI=1S/C17H20FNO3S/c1-12-4-5-15(10-13(12)2)22-9-8-19-23(20,21)16-6-7-17(18)14(3)11-16/h4-7,10-11,19H,8-9H2,1-3H3. The minimum absolute atomic E-state index is 0.0441. The minimum Gasteiger partial charge on any atom is -0.492 e. The van der Waals surface area contributed by atoms with Crippen LogP contribution in [0.4, 0.5) is 4.39 Å². The van der Waals surface area contributed by atoms with Gasteiger partial charge in [0.25, 0.3) is 0 Å². The van der Waals surface area contributed by atoms with E-state index in [-0.39, 0.29) is 18.0 Å². The quantitative estimate of drug-likeness (QED) is 0.824. The van der Waals surface area contributed by atoms with Crippen molar-refractivity contribution in [2.45, 2.75) is 25.7 Å². The third-order valence-electron chi connectivity index (χ3n) is 3.58. The van der Waals surface area contributed by atoms with Gasteiger partial charge in [0.1, 0.15) is 18.2 Å². The van der Waals surface area contributed by atoms with Crippen molar-refractivity contribution in [3.63, 3.8) is 0 Å². The predicted molar refractivity (Wildman–Crippen MR) is 87.7 cm³/mol. The Morgan fingerprint density at radius 3 is 2.39 bits per heavy atom. The highest BCUT2D eigenvalue weighted by atomic mass is 32.2. The lowest BCUT2D eigenvalue weighted by Crippen LogP contribution is -2.28. The molecule has 0 saturated carbocycles. The van der Waals surface area contributed by atoms with Crippen LogP contribution in [0.1, 0.15) is 16.7 Å². The molecular weight excluding hydrogens is 317 g/mol. The van der Waals surface area contributed by atoms with Gasteiger partial charge in [0.15, 0.2) is 0 Å². The summed E-state index contributed by atoms with van der Waals surface area (Å²) in [7, 11) is -3.67. The van der Waals surface area contributed by atoms with Crippen molar-refractivity contribution in [1.82, 2.24) is 4.72 Å². The highest BCUT2D eigenvalue weighted by Gasteiger charge is 2.14. The van der Waals surface area contributed by atoms with Gasteiger partial charge in [0, 0.05) is 6.54 Å². The molecule has 0 amide bonds. The van der Waals surface area contributed by atoms with Gasteiger partial charge in [-0.05, 0) is 67.8 Å². The summed E-state index contributed by atoms with van der Waals surface area (Å²) in [5, 5.41) is 0. The lowest BCUT2D eigenvalue weighted by atomic mass is 10.1.